The number of benzene rings is 3. The molecule has 7 nitrogen and oxygen atoms in total. The lowest BCUT2D eigenvalue weighted by Gasteiger charge is -2.14. The lowest BCUT2D eigenvalue weighted by atomic mass is 9.98. The maximum Gasteiger partial charge on any atom is 0.407 e. The zero-order chi connectivity index (χ0) is 24.5. The van der Waals surface area contributed by atoms with Gasteiger partial charge in [-0.05, 0) is 52.9 Å². The second kappa shape index (κ2) is 12.0. The molecule has 1 aliphatic carbocycles. The van der Waals surface area contributed by atoms with Gasteiger partial charge in [0.2, 0.25) is 5.91 Å². The van der Waals surface area contributed by atoms with E-state index in [9.17, 15) is 9.59 Å². The summed E-state index contributed by atoms with van der Waals surface area (Å²) in [6.45, 7) is 3.61. The van der Waals surface area contributed by atoms with Crippen molar-refractivity contribution in [2.24, 2.45) is 0 Å². The first kappa shape index (κ1) is 24.3. The highest BCUT2D eigenvalue weighted by molar-refractivity contribution is 5.88. The van der Waals surface area contributed by atoms with Gasteiger partial charge in [-0.15, -0.1) is 0 Å². The molecular formula is C28H30N2O5. The van der Waals surface area contributed by atoms with Gasteiger partial charge in [0.15, 0.2) is 0 Å². The molecule has 0 fully saturated rings. The zero-order valence-electron chi connectivity index (χ0n) is 19.8. The number of anilines is 1. The van der Waals surface area contributed by atoms with Gasteiger partial charge in [0, 0.05) is 31.7 Å². The summed E-state index contributed by atoms with van der Waals surface area (Å²) in [6.07, 6.45) is 0.258. The predicted molar refractivity (Wildman–Crippen MR) is 135 cm³/mol. The fourth-order valence-corrected chi connectivity index (χ4v) is 4.17. The minimum atomic E-state index is -0.419. The average molecular weight is 475 g/mol. The smallest absolute Gasteiger partial charge is 0.407 e. The second-order valence-electron chi connectivity index (χ2n) is 8.27. The molecule has 7 heteroatoms. The molecule has 2 N–H and O–H groups in total. The molecule has 0 spiro atoms. The predicted octanol–water partition coefficient (Wildman–Crippen LogP) is 4.97. The molecule has 0 saturated heterocycles. The van der Waals surface area contributed by atoms with Crippen LogP contribution in [0.3, 0.4) is 0 Å². The molecule has 0 unspecified atom stereocenters. The standard InChI is InChI=1S/C28H30N2O5/c1-20(31)30-21-11-13-22(14-12-21)34-18-17-33-16-6-15-29-28(32)35-19-27-25-9-4-2-7-23(25)24-8-3-5-10-26(24)27/h2-5,7-14,27H,6,15-19H2,1H3,(H,29,32)(H,30,31). The van der Waals surface area contributed by atoms with Crippen molar-refractivity contribution in [3.63, 3.8) is 0 Å². The molecule has 0 saturated carbocycles. The number of nitrogens with one attached hydrogen (secondary N) is 2. The van der Waals surface area contributed by atoms with E-state index in [4.69, 9.17) is 14.2 Å². The number of fused-ring (bicyclic) bond motifs is 3. The Labute approximate surface area is 205 Å². The highest BCUT2D eigenvalue weighted by Crippen LogP contribution is 2.44. The van der Waals surface area contributed by atoms with Crippen LogP contribution in [-0.2, 0) is 14.3 Å². The molecule has 2 amide bonds. The van der Waals surface area contributed by atoms with Gasteiger partial charge in [-0.1, -0.05) is 48.5 Å². The molecule has 35 heavy (non-hydrogen) atoms. The molecule has 0 radical (unpaired) electrons. The third-order valence-electron chi connectivity index (χ3n) is 5.75. The molecule has 182 valence electrons. The van der Waals surface area contributed by atoms with Gasteiger partial charge in [-0.3, -0.25) is 4.79 Å². The first-order chi connectivity index (χ1) is 17.1. The van der Waals surface area contributed by atoms with Crippen LogP contribution in [0.25, 0.3) is 11.1 Å². The Morgan fingerprint density at radius 2 is 1.49 bits per heavy atom. The van der Waals surface area contributed by atoms with Gasteiger partial charge in [-0.2, -0.15) is 0 Å². The molecule has 3 aromatic rings. The highest BCUT2D eigenvalue weighted by atomic mass is 16.5. The fraction of sp³-hybridized carbons (Fsp3) is 0.286. The minimum absolute atomic E-state index is 0.0538. The Bertz CT molecular complexity index is 1100. The third-order valence-corrected chi connectivity index (χ3v) is 5.75. The quantitative estimate of drug-likeness (QED) is 0.383. The second-order valence-corrected chi connectivity index (χ2v) is 8.27. The van der Waals surface area contributed by atoms with E-state index < -0.39 is 6.09 Å². The van der Waals surface area contributed by atoms with Crippen molar-refractivity contribution in [3.8, 4) is 16.9 Å². The van der Waals surface area contributed by atoms with Crippen molar-refractivity contribution in [3.05, 3.63) is 83.9 Å². The summed E-state index contributed by atoms with van der Waals surface area (Å²) in [6, 6.07) is 23.7. The lowest BCUT2D eigenvalue weighted by Crippen LogP contribution is -2.27. The zero-order valence-corrected chi connectivity index (χ0v) is 19.8. The number of alkyl carbamates (subject to hydrolysis) is 1. The Hall–Kier alpha value is -3.84. The summed E-state index contributed by atoms with van der Waals surface area (Å²) < 4.78 is 16.7. The number of ether oxygens (including phenoxy) is 3. The molecule has 0 aliphatic heterocycles. The first-order valence-electron chi connectivity index (χ1n) is 11.8. The Morgan fingerprint density at radius 3 is 2.14 bits per heavy atom. The van der Waals surface area contributed by atoms with Crippen LogP contribution >= 0.6 is 0 Å². The SMILES string of the molecule is CC(=O)Nc1ccc(OCCOCCCNC(=O)OCC2c3ccccc3-c3ccccc32)cc1. The van der Waals surface area contributed by atoms with Gasteiger partial charge < -0.3 is 24.8 Å². The number of carbonyl (C=O) groups excluding carboxylic acids is 2. The third kappa shape index (κ3) is 6.61. The van der Waals surface area contributed by atoms with Crippen LogP contribution in [0.5, 0.6) is 5.75 Å². The number of carbonyl (C=O) groups is 2. The van der Waals surface area contributed by atoms with Crippen LogP contribution in [0.2, 0.25) is 0 Å². The van der Waals surface area contributed by atoms with Gasteiger partial charge in [0.25, 0.3) is 0 Å². The number of rotatable bonds is 11. The maximum absolute atomic E-state index is 12.2. The van der Waals surface area contributed by atoms with E-state index >= 15 is 0 Å². The van der Waals surface area contributed by atoms with E-state index in [-0.39, 0.29) is 11.8 Å². The number of hydrogen-bond donors (Lipinski definition) is 2. The average Bonchev–Trinajstić information content (AvgIpc) is 3.19. The van der Waals surface area contributed by atoms with E-state index in [1.807, 2.05) is 24.3 Å². The summed E-state index contributed by atoms with van der Waals surface area (Å²) >= 11 is 0. The fourth-order valence-electron chi connectivity index (χ4n) is 4.17. The van der Waals surface area contributed by atoms with E-state index in [0.29, 0.717) is 45.1 Å². The number of hydrogen-bond acceptors (Lipinski definition) is 5. The van der Waals surface area contributed by atoms with Crippen molar-refractivity contribution in [1.29, 1.82) is 0 Å². The van der Waals surface area contributed by atoms with Crippen molar-refractivity contribution in [2.45, 2.75) is 19.3 Å². The van der Waals surface area contributed by atoms with Crippen LogP contribution in [0.15, 0.2) is 72.8 Å². The summed E-state index contributed by atoms with van der Waals surface area (Å²) in [5, 5.41) is 5.50. The van der Waals surface area contributed by atoms with Gasteiger partial charge in [0.1, 0.15) is 19.0 Å². The van der Waals surface area contributed by atoms with Crippen molar-refractivity contribution in [2.75, 3.05) is 38.3 Å². The van der Waals surface area contributed by atoms with E-state index in [1.54, 1.807) is 24.3 Å². The molecule has 0 bridgehead atoms. The van der Waals surface area contributed by atoms with Gasteiger partial charge in [-0.25, -0.2) is 4.79 Å². The molecular weight excluding hydrogens is 444 g/mol. The molecule has 0 atom stereocenters. The van der Waals surface area contributed by atoms with Gasteiger partial charge >= 0.3 is 6.09 Å². The van der Waals surface area contributed by atoms with Crippen LogP contribution in [0, 0.1) is 0 Å². The van der Waals surface area contributed by atoms with Crippen LogP contribution < -0.4 is 15.4 Å². The van der Waals surface area contributed by atoms with E-state index in [0.717, 1.165) is 5.69 Å². The molecule has 3 aromatic carbocycles. The highest BCUT2D eigenvalue weighted by Gasteiger charge is 2.28. The molecule has 0 aromatic heterocycles. The number of amides is 2. The van der Waals surface area contributed by atoms with Crippen LogP contribution in [0.1, 0.15) is 30.4 Å². The summed E-state index contributed by atoms with van der Waals surface area (Å²) in [7, 11) is 0. The summed E-state index contributed by atoms with van der Waals surface area (Å²) in [5.41, 5.74) is 5.53. The molecule has 4 rings (SSSR count). The lowest BCUT2D eigenvalue weighted by molar-refractivity contribution is -0.114. The minimum Gasteiger partial charge on any atom is -0.491 e. The first-order valence-corrected chi connectivity index (χ1v) is 11.8. The maximum atomic E-state index is 12.2. The van der Waals surface area contributed by atoms with Crippen LogP contribution in [0.4, 0.5) is 10.5 Å². The Balaban J connectivity index is 1.08. The van der Waals surface area contributed by atoms with Gasteiger partial charge in [0.05, 0.1) is 6.61 Å². The summed E-state index contributed by atoms with van der Waals surface area (Å²) in [5.74, 6) is 0.651. The van der Waals surface area contributed by atoms with Crippen molar-refractivity contribution in [1.82, 2.24) is 5.32 Å². The Morgan fingerprint density at radius 1 is 0.829 bits per heavy atom. The topological polar surface area (TPSA) is 85.9 Å². The molecule has 1 aliphatic rings. The van der Waals surface area contributed by atoms with E-state index in [2.05, 4.69) is 34.9 Å². The normalized spacial score (nSPS) is 11.9. The monoisotopic (exact) mass is 474 g/mol. The largest absolute Gasteiger partial charge is 0.491 e. The Kier molecular flexibility index (Phi) is 8.35. The van der Waals surface area contributed by atoms with Crippen LogP contribution in [-0.4, -0.2) is 45.0 Å². The van der Waals surface area contributed by atoms with Crippen molar-refractivity contribution >= 4 is 17.7 Å². The van der Waals surface area contributed by atoms with E-state index in [1.165, 1.54) is 29.2 Å². The summed E-state index contributed by atoms with van der Waals surface area (Å²) in [4.78, 5) is 23.2. The van der Waals surface area contributed by atoms with Crippen molar-refractivity contribution < 1.29 is 23.8 Å². The molecule has 0 heterocycles.